The summed E-state index contributed by atoms with van der Waals surface area (Å²) in [5.74, 6) is 8.74. The Morgan fingerprint density at radius 3 is 2.84 bits per heavy atom. The van der Waals surface area contributed by atoms with E-state index in [-0.39, 0.29) is 12.4 Å². The third kappa shape index (κ3) is 5.07. The van der Waals surface area contributed by atoms with Gasteiger partial charge in [0.05, 0.1) is 6.54 Å². The van der Waals surface area contributed by atoms with Gasteiger partial charge in [-0.1, -0.05) is 17.0 Å². The number of aromatic nitrogens is 3. The molecule has 0 amide bonds. The maximum absolute atomic E-state index is 6.08. The van der Waals surface area contributed by atoms with Gasteiger partial charge in [-0.25, -0.2) is 4.98 Å². The highest BCUT2D eigenvalue weighted by Crippen LogP contribution is 2.28. The first-order valence-corrected chi connectivity index (χ1v) is 11.1. The topological polar surface area (TPSA) is 62.3 Å². The van der Waals surface area contributed by atoms with Crippen molar-refractivity contribution >= 4 is 0 Å². The Kier molecular flexibility index (Phi) is 5.88. The minimum Gasteiger partial charge on any atom is -0.356 e. The molecule has 1 saturated heterocycles. The first-order valence-electron chi connectivity index (χ1n) is 11.1. The van der Waals surface area contributed by atoms with E-state index in [1.54, 1.807) is 6.20 Å². The second-order valence-corrected chi connectivity index (χ2v) is 8.29. The van der Waals surface area contributed by atoms with Gasteiger partial charge in [0, 0.05) is 42.1 Å². The van der Waals surface area contributed by atoms with E-state index in [0.717, 1.165) is 54.3 Å². The number of imidazole rings is 1. The second-order valence-electron chi connectivity index (χ2n) is 8.29. The van der Waals surface area contributed by atoms with Gasteiger partial charge in [0.1, 0.15) is 17.6 Å². The highest BCUT2D eigenvalue weighted by molar-refractivity contribution is 5.59. The van der Waals surface area contributed by atoms with Crippen LogP contribution >= 0.6 is 0 Å². The summed E-state index contributed by atoms with van der Waals surface area (Å²) < 4.78 is 19.4. The van der Waals surface area contributed by atoms with Crippen LogP contribution in [0.15, 0.2) is 47.2 Å². The van der Waals surface area contributed by atoms with Crippen molar-refractivity contribution < 1.29 is 14.0 Å². The number of nitrogens with zero attached hydrogens (tertiary/aromatic N) is 3. The van der Waals surface area contributed by atoms with Gasteiger partial charge in [-0.15, -0.1) is 0 Å². The third-order valence-electron chi connectivity index (χ3n) is 5.66. The Morgan fingerprint density at radius 1 is 1.19 bits per heavy atom. The minimum absolute atomic E-state index is 0.149. The van der Waals surface area contributed by atoms with Gasteiger partial charge in [0.25, 0.3) is 0 Å². The van der Waals surface area contributed by atoms with E-state index in [1.165, 1.54) is 12.8 Å². The molecular weight excluding hydrogens is 390 g/mol. The molecule has 2 fully saturated rings. The summed E-state index contributed by atoms with van der Waals surface area (Å²) in [6, 6.07) is 10.1. The van der Waals surface area contributed by atoms with E-state index in [1.807, 2.05) is 48.0 Å². The summed E-state index contributed by atoms with van der Waals surface area (Å²) >= 11 is 0. The van der Waals surface area contributed by atoms with Crippen molar-refractivity contribution in [3.8, 4) is 23.2 Å². The first-order chi connectivity index (χ1) is 15.2. The van der Waals surface area contributed by atoms with Crippen molar-refractivity contribution in [2.24, 2.45) is 5.92 Å². The lowest BCUT2D eigenvalue weighted by atomic mass is 10.1. The van der Waals surface area contributed by atoms with Crippen molar-refractivity contribution in [2.45, 2.75) is 58.0 Å². The van der Waals surface area contributed by atoms with E-state index in [2.05, 4.69) is 22.0 Å². The number of ether oxygens (including phenoxy) is 2. The predicted octanol–water partition coefficient (Wildman–Crippen LogP) is 4.95. The van der Waals surface area contributed by atoms with Crippen LogP contribution < -0.4 is 0 Å². The smallest absolute Gasteiger partial charge is 0.167 e. The molecule has 2 unspecified atom stereocenters. The van der Waals surface area contributed by atoms with Crippen LogP contribution in [0.3, 0.4) is 0 Å². The molecule has 3 heterocycles. The number of rotatable bonds is 6. The maximum Gasteiger partial charge on any atom is 0.167 e. The van der Waals surface area contributed by atoms with Crippen molar-refractivity contribution in [2.75, 3.05) is 6.61 Å². The molecule has 1 aromatic carbocycles. The normalized spacial score (nSPS) is 19.6. The van der Waals surface area contributed by atoms with E-state index >= 15 is 0 Å². The molecule has 0 N–H and O–H groups in total. The molecule has 0 spiro atoms. The summed E-state index contributed by atoms with van der Waals surface area (Å²) in [6.07, 6.45) is 9.09. The van der Waals surface area contributed by atoms with Gasteiger partial charge < -0.3 is 18.6 Å². The van der Waals surface area contributed by atoms with Crippen LogP contribution in [0, 0.1) is 17.8 Å². The van der Waals surface area contributed by atoms with Crippen LogP contribution in [0.4, 0.5) is 0 Å². The van der Waals surface area contributed by atoms with Crippen LogP contribution in [0.5, 0.6) is 0 Å². The van der Waals surface area contributed by atoms with Crippen LogP contribution in [0.2, 0.25) is 0 Å². The number of benzene rings is 1. The molecular formula is C25H27N3O3. The molecule has 31 heavy (non-hydrogen) atoms. The Hall–Kier alpha value is -2.88. The highest BCUT2D eigenvalue weighted by Gasteiger charge is 2.21. The molecule has 0 radical (unpaired) electrons. The minimum atomic E-state index is -0.159. The zero-order valence-corrected chi connectivity index (χ0v) is 17.8. The molecule has 160 valence electrons. The summed E-state index contributed by atoms with van der Waals surface area (Å²) in [7, 11) is 0. The quantitative estimate of drug-likeness (QED) is 0.531. The average molecular weight is 418 g/mol. The molecule has 2 aromatic heterocycles. The van der Waals surface area contributed by atoms with Gasteiger partial charge >= 0.3 is 0 Å². The van der Waals surface area contributed by atoms with Gasteiger partial charge in [-0.05, 0) is 63.3 Å². The fourth-order valence-corrected chi connectivity index (χ4v) is 3.75. The fourth-order valence-electron chi connectivity index (χ4n) is 3.75. The lowest BCUT2D eigenvalue weighted by Gasteiger charge is -2.26. The third-order valence-corrected chi connectivity index (χ3v) is 5.66. The van der Waals surface area contributed by atoms with Crippen LogP contribution in [0.25, 0.3) is 11.3 Å². The lowest BCUT2D eigenvalue weighted by Crippen LogP contribution is -2.24. The standard InChI is InChI=1S/C25H27N3O3/c1-18(30-24-4-2-3-15-29-24)25-26-13-14-28(25)17-22-16-23(31-27-22)21-11-9-20(10-12-21)8-7-19-5-6-19/h9-14,16,18-19,24H,2-6,15,17H2,1H3. The maximum atomic E-state index is 6.08. The van der Waals surface area contributed by atoms with Gasteiger partial charge in [0.15, 0.2) is 12.1 Å². The molecule has 2 atom stereocenters. The average Bonchev–Trinajstić information content (AvgIpc) is 3.31. The summed E-state index contributed by atoms with van der Waals surface area (Å²) in [5.41, 5.74) is 2.87. The molecule has 0 bridgehead atoms. The van der Waals surface area contributed by atoms with Crippen molar-refractivity contribution in [3.05, 3.63) is 59.8 Å². The zero-order valence-electron chi connectivity index (χ0n) is 17.8. The number of hydrogen-bond donors (Lipinski definition) is 0. The molecule has 2 aliphatic rings. The van der Waals surface area contributed by atoms with E-state index in [9.17, 15) is 0 Å². The van der Waals surface area contributed by atoms with E-state index < -0.39 is 0 Å². The fraction of sp³-hybridized carbons (Fsp3) is 0.440. The van der Waals surface area contributed by atoms with Crippen LogP contribution in [-0.2, 0) is 16.0 Å². The number of hydrogen-bond acceptors (Lipinski definition) is 5. The molecule has 1 aliphatic heterocycles. The molecule has 6 heteroatoms. The Balaban J connectivity index is 1.24. The molecule has 3 aromatic rings. The Bertz CT molecular complexity index is 1060. The molecule has 6 nitrogen and oxygen atoms in total. The van der Waals surface area contributed by atoms with E-state index in [0.29, 0.717) is 12.5 Å². The molecule has 1 saturated carbocycles. The SMILES string of the molecule is CC(OC1CCCCO1)c1nccn1Cc1cc(-c2ccc(C#CC3CC3)cc2)on1. The van der Waals surface area contributed by atoms with Crippen LogP contribution in [0.1, 0.15) is 62.2 Å². The van der Waals surface area contributed by atoms with Gasteiger partial charge in [0.2, 0.25) is 0 Å². The first kappa shape index (κ1) is 20.0. The summed E-state index contributed by atoms with van der Waals surface area (Å²) in [4.78, 5) is 4.50. The Labute approximate surface area is 182 Å². The van der Waals surface area contributed by atoms with Gasteiger partial charge in [-0.2, -0.15) is 0 Å². The molecule has 1 aliphatic carbocycles. The predicted molar refractivity (Wildman–Crippen MR) is 116 cm³/mol. The van der Waals surface area contributed by atoms with Gasteiger partial charge in [-0.3, -0.25) is 0 Å². The summed E-state index contributed by atoms with van der Waals surface area (Å²) in [5, 5.41) is 4.26. The molecule has 5 rings (SSSR count). The monoisotopic (exact) mass is 417 g/mol. The highest BCUT2D eigenvalue weighted by atomic mass is 16.7. The Morgan fingerprint density at radius 2 is 2.06 bits per heavy atom. The van der Waals surface area contributed by atoms with Crippen molar-refractivity contribution in [1.82, 2.24) is 14.7 Å². The van der Waals surface area contributed by atoms with Crippen LogP contribution in [-0.4, -0.2) is 27.6 Å². The summed E-state index contributed by atoms with van der Waals surface area (Å²) in [6.45, 7) is 3.35. The van der Waals surface area contributed by atoms with E-state index in [4.69, 9.17) is 14.0 Å². The van der Waals surface area contributed by atoms with Crippen molar-refractivity contribution in [3.63, 3.8) is 0 Å². The second kappa shape index (κ2) is 9.09. The largest absolute Gasteiger partial charge is 0.356 e. The van der Waals surface area contributed by atoms with Crippen molar-refractivity contribution in [1.29, 1.82) is 0 Å². The lowest BCUT2D eigenvalue weighted by molar-refractivity contribution is -0.188. The zero-order chi connectivity index (χ0) is 21.0.